The molecule has 0 aliphatic rings. The molecule has 0 amide bonds. The third-order valence-corrected chi connectivity index (χ3v) is 0.496. The van der Waals surface area contributed by atoms with Gasteiger partial charge in [-0.25, -0.2) is 0 Å². The third-order valence-electron chi connectivity index (χ3n) is 0.496. The molecule has 0 saturated carbocycles. The van der Waals surface area contributed by atoms with E-state index in [2.05, 4.69) is 4.98 Å². The fraction of sp³-hybridized carbons (Fsp3) is 0. The standard InChI is InChI=1S/C4H5N.Ca.ClH.2H/c1-2-4-5-3-1;;;;/h1-5H;;1H;;/q;+2;;2*-1. The Labute approximate surface area is 81.9 Å². The minimum atomic E-state index is 0. The third kappa shape index (κ3) is 4.69. The minimum absolute atomic E-state index is 0. The Hall–Kier alpha value is 0.830. The van der Waals surface area contributed by atoms with Gasteiger partial charge in [-0.3, -0.25) is 0 Å². The van der Waals surface area contributed by atoms with Crippen LogP contribution >= 0.6 is 12.4 Å². The summed E-state index contributed by atoms with van der Waals surface area (Å²) in [7, 11) is 0. The molecule has 1 aromatic heterocycles. The summed E-state index contributed by atoms with van der Waals surface area (Å²) in [6.45, 7) is 0. The summed E-state index contributed by atoms with van der Waals surface area (Å²) in [5.74, 6) is 0. The normalized spacial score (nSPS) is 5.71. The van der Waals surface area contributed by atoms with Crippen molar-refractivity contribution < 1.29 is 2.85 Å². The van der Waals surface area contributed by atoms with Crippen LogP contribution in [0.1, 0.15) is 2.85 Å². The first-order chi connectivity index (χ1) is 2.50. The summed E-state index contributed by atoms with van der Waals surface area (Å²) in [6.07, 6.45) is 3.75. The van der Waals surface area contributed by atoms with Crippen LogP contribution in [-0.2, 0) is 0 Å². The Morgan fingerprint density at radius 1 is 1.14 bits per heavy atom. The van der Waals surface area contributed by atoms with Crippen molar-refractivity contribution >= 4 is 50.1 Å². The van der Waals surface area contributed by atoms with E-state index in [9.17, 15) is 0 Å². The van der Waals surface area contributed by atoms with Gasteiger partial charge in [0.05, 0.1) is 0 Å². The van der Waals surface area contributed by atoms with Gasteiger partial charge in [-0.15, -0.1) is 12.4 Å². The Balaban J connectivity index is -0.0000000312. The van der Waals surface area contributed by atoms with Gasteiger partial charge in [0.25, 0.3) is 0 Å². The monoisotopic (exact) mass is 145 g/mol. The van der Waals surface area contributed by atoms with E-state index in [4.69, 9.17) is 0 Å². The molecule has 7 heavy (non-hydrogen) atoms. The Bertz CT molecular complexity index is 75.0. The van der Waals surface area contributed by atoms with E-state index < -0.39 is 0 Å². The van der Waals surface area contributed by atoms with Crippen molar-refractivity contribution in [2.75, 3.05) is 0 Å². The van der Waals surface area contributed by atoms with Crippen LogP contribution in [0, 0.1) is 0 Å². The van der Waals surface area contributed by atoms with Gasteiger partial charge in [0.1, 0.15) is 0 Å². The van der Waals surface area contributed by atoms with Gasteiger partial charge >= 0.3 is 37.7 Å². The van der Waals surface area contributed by atoms with Crippen LogP contribution in [0.3, 0.4) is 0 Å². The van der Waals surface area contributed by atoms with E-state index >= 15 is 0 Å². The summed E-state index contributed by atoms with van der Waals surface area (Å²) in [4.78, 5) is 2.86. The molecule has 1 heterocycles. The molecule has 0 saturated heterocycles. The van der Waals surface area contributed by atoms with Crippen LogP contribution < -0.4 is 0 Å². The summed E-state index contributed by atoms with van der Waals surface area (Å²) in [6, 6.07) is 3.89. The maximum Gasteiger partial charge on any atom is 2.00 e. The molecule has 0 aliphatic carbocycles. The molecule has 0 aliphatic heterocycles. The van der Waals surface area contributed by atoms with Crippen LogP contribution in [0.5, 0.6) is 0 Å². The average Bonchev–Trinajstić information content (AvgIpc) is 1.76. The van der Waals surface area contributed by atoms with E-state index in [0.29, 0.717) is 0 Å². The van der Waals surface area contributed by atoms with Crippen molar-refractivity contribution in [2.45, 2.75) is 0 Å². The van der Waals surface area contributed by atoms with Gasteiger partial charge in [-0.05, 0) is 12.1 Å². The molecule has 1 rings (SSSR count). The minimum Gasteiger partial charge on any atom is -1.00 e. The van der Waals surface area contributed by atoms with Gasteiger partial charge in [-0.1, -0.05) is 0 Å². The molecule has 0 atom stereocenters. The molecule has 1 nitrogen and oxygen atoms in total. The summed E-state index contributed by atoms with van der Waals surface area (Å²) < 4.78 is 0. The predicted molar refractivity (Wildman–Crippen MR) is 36.0 cm³/mol. The fourth-order valence-electron chi connectivity index (χ4n) is 0.278. The first kappa shape index (κ1) is 10.7. The summed E-state index contributed by atoms with van der Waals surface area (Å²) >= 11 is 0. The van der Waals surface area contributed by atoms with Crippen molar-refractivity contribution in [3.63, 3.8) is 0 Å². The molecule has 1 aromatic rings. The number of aromatic amines is 1. The van der Waals surface area contributed by atoms with Crippen LogP contribution in [0.4, 0.5) is 0 Å². The topological polar surface area (TPSA) is 15.8 Å². The van der Waals surface area contributed by atoms with Crippen molar-refractivity contribution in [1.82, 2.24) is 4.98 Å². The van der Waals surface area contributed by atoms with Gasteiger partial charge in [0.2, 0.25) is 0 Å². The summed E-state index contributed by atoms with van der Waals surface area (Å²) in [5, 5.41) is 0. The Morgan fingerprint density at radius 2 is 1.57 bits per heavy atom. The zero-order valence-electron chi connectivity index (χ0n) is 5.92. The molecule has 38 valence electrons. The predicted octanol–water partition coefficient (Wildman–Crippen LogP) is 1.28. The van der Waals surface area contributed by atoms with Crippen LogP contribution in [0.25, 0.3) is 0 Å². The average molecular weight is 146 g/mol. The number of nitrogens with one attached hydrogen (secondary N) is 1. The van der Waals surface area contributed by atoms with Crippen molar-refractivity contribution in [2.24, 2.45) is 0 Å². The van der Waals surface area contributed by atoms with E-state index in [0.717, 1.165) is 0 Å². The quantitative estimate of drug-likeness (QED) is 0.530. The van der Waals surface area contributed by atoms with E-state index in [1.54, 1.807) is 0 Å². The molecule has 3 heteroatoms. The van der Waals surface area contributed by atoms with E-state index in [-0.39, 0.29) is 53.0 Å². The number of H-pyrrole nitrogens is 1. The van der Waals surface area contributed by atoms with Crippen LogP contribution in [0.15, 0.2) is 24.5 Å². The van der Waals surface area contributed by atoms with Crippen LogP contribution in [-0.4, -0.2) is 42.7 Å². The number of aromatic nitrogens is 1. The van der Waals surface area contributed by atoms with Crippen molar-refractivity contribution in [1.29, 1.82) is 0 Å². The molecule has 0 bridgehead atoms. The van der Waals surface area contributed by atoms with E-state index in [1.165, 1.54) is 0 Å². The molecule has 0 spiro atoms. The van der Waals surface area contributed by atoms with Gasteiger partial charge < -0.3 is 7.84 Å². The van der Waals surface area contributed by atoms with E-state index in [1.807, 2.05) is 24.5 Å². The number of halogens is 1. The number of hydrogen-bond donors (Lipinski definition) is 1. The molecule has 0 aromatic carbocycles. The second kappa shape index (κ2) is 6.83. The van der Waals surface area contributed by atoms with Gasteiger partial charge in [0, 0.05) is 12.4 Å². The van der Waals surface area contributed by atoms with Crippen molar-refractivity contribution in [3.05, 3.63) is 24.5 Å². The van der Waals surface area contributed by atoms with Crippen molar-refractivity contribution in [3.8, 4) is 0 Å². The second-order valence-electron chi connectivity index (χ2n) is 0.885. The number of rotatable bonds is 0. The molecule has 0 fully saturated rings. The van der Waals surface area contributed by atoms with Gasteiger partial charge in [-0.2, -0.15) is 0 Å². The zero-order chi connectivity index (χ0) is 3.54. The molecule has 0 unspecified atom stereocenters. The van der Waals surface area contributed by atoms with Crippen LogP contribution in [0.2, 0.25) is 0 Å². The smallest absolute Gasteiger partial charge is 1.00 e. The maximum absolute atomic E-state index is 2.86. The molecule has 0 radical (unpaired) electrons. The first-order valence-electron chi connectivity index (χ1n) is 1.58. The Morgan fingerprint density at radius 3 is 1.71 bits per heavy atom. The Kier molecular flexibility index (Phi) is 10.5. The molecule has 1 N–H and O–H groups in total. The van der Waals surface area contributed by atoms with Gasteiger partial charge in [0.15, 0.2) is 0 Å². The largest absolute Gasteiger partial charge is 2.00 e. The SMILES string of the molecule is Cl.[Ca+2].[H-].[H-].c1cc[nH]c1. The zero-order valence-corrected chi connectivity index (χ0v) is 6.95. The second-order valence-corrected chi connectivity index (χ2v) is 0.885. The first-order valence-corrected chi connectivity index (χ1v) is 1.58. The molecular formula is C4H8CaClN. The fourth-order valence-corrected chi connectivity index (χ4v) is 0.278. The summed E-state index contributed by atoms with van der Waals surface area (Å²) in [5.41, 5.74) is 0. The number of hydrogen-bond acceptors (Lipinski definition) is 0. The molecular weight excluding hydrogens is 138 g/mol. The maximum atomic E-state index is 2.86.